The second-order valence-corrected chi connectivity index (χ2v) is 4.88. The second kappa shape index (κ2) is 6.71. The average Bonchev–Trinajstić information content (AvgIpc) is 2.17. The highest BCUT2D eigenvalue weighted by molar-refractivity contribution is 8.13. The monoisotopic (exact) mass is 229 g/mol. The molecule has 0 aromatic rings. The summed E-state index contributed by atoms with van der Waals surface area (Å²) < 4.78 is 0. The van der Waals surface area contributed by atoms with Crippen molar-refractivity contribution < 1.29 is 4.79 Å². The average molecular weight is 229 g/mol. The topological polar surface area (TPSA) is 67.5 Å². The summed E-state index contributed by atoms with van der Waals surface area (Å²) in [7, 11) is 0. The van der Waals surface area contributed by atoms with Crippen LogP contribution in [0.5, 0.6) is 0 Å². The van der Waals surface area contributed by atoms with Gasteiger partial charge >= 0.3 is 0 Å². The fourth-order valence-electron chi connectivity index (χ4n) is 1.34. The zero-order valence-corrected chi connectivity index (χ0v) is 9.98. The van der Waals surface area contributed by atoms with E-state index in [1.54, 1.807) is 11.8 Å². The van der Waals surface area contributed by atoms with Gasteiger partial charge in [-0.3, -0.25) is 9.79 Å². The lowest BCUT2D eigenvalue weighted by atomic mass is 10.2. The maximum atomic E-state index is 10.5. The number of aliphatic imine (C=N–C) groups is 1. The van der Waals surface area contributed by atoms with E-state index in [0.29, 0.717) is 12.5 Å². The fourth-order valence-corrected chi connectivity index (χ4v) is 2.47. The zero-order valence-electron chi connectivity index (χ0n) is 9.16. The van der Waals surface area contributed by atoms with Crippen LogP contribution in [-0.2, 0) is 4.79 Å². The van der Waals surface area contributed by atoms with Crippen molar-refractivity contribution in [1.82, 2.24) is 5.32 Å². The number of nitrogens with zero attached hydrogens (tertiary/aromatic N) is 1. The number of thioether (sulfide) groups is 1. The van der Waals surface area contributed by atoms with Crippen LogP contribution in [0, 0.1) is 0 Å². The molecule has 0 bridgehead atoms. The van der Waals surface area contributed by atoms with Gasteiger partial charge in [0.25, 0.3) is 0 Å². The lowest BCUT2D eigenvalue weighted by Crippen LogP contribution is -2.35. The Morgan fingerprint density at radius 3 is 3.13 bits per heavy atom. The number of nitrogens with one attached hydrogen (secondary N) is 1. The van der Waals surface area contributed by atoms with Crippen molar-refractivity contribution >= 4 is 22.8 Å². The van der Waals surface area contributed by atoms with Crippen LogP contribution in [0.15, 0.2) is 4.99 Å². The summed E-state index contributed by atoms with van der Waals surface area (Å²) in [6.07, 6.45) is 3.45. The van der Waals surface area contributed by atoms with Gasteiger partial charge in [0.15, 0.2) is 5.17 Å². The Hall–Kier alpha value is -0.710. The summed E-state index contributed by atoms with van der Waals surface area (Å²) in [6, 6.07) is 0.538. The minimum Gasteiger partial charge on any atom is -0.370 e. The van der Waals surface area contributed by atoms with E-state index < -0.39 is 0 Å². The molecule has 3 N–H and O–H groups in total. The standard InChI is InChI=1S/C10H19N3OS/c1-8-5-7-15-10(13-8)12-6-3-2-4-9(11)14/h8H,2-7H2,1H3,(H2,11,14)(H,12,13). The highest BCUT2D eigenvalue weighted by atomic mass is 32.2. The lowest BCUT2D eigenvalue weighted by Gasteiger charge is -2.21. The molecule has 0 spiro atoms. The number of amides is 1. The van der Waals surface area contributed by atoms with Crippen molar-refractivity contribution in [3.05, 3.63) is 0 Å². The van der Waals surface area contributed by atoms with Gasteiger partial charge in [-0.25, -0.2) is 0 Å². The van der Waals surface area contributed by atoms with E-state index in [4.69, 9.17) is 5.73 Å². The molecule has 0 aromatic carbocycles. The predicted molar refractivity (Wildman–Crippen MR) is 65.0 cm³/mol. The number of carbonyl (C=O) groups excluding carboxylic acids is 1. The van der Waals surface area contributed by atoms with Gasteiger partial charge in [-0.1, -0.05) is 11.8 Å². The number of hydrogen-bond donors (Lipinski definition) is 2. The van der Waals surface area contributed by atoms with Crippen molar-refractivity contribution in [3.63, 3.8) is 0 Å². The fraction of sp³-hybridized carbons (Fsp3) is 0.800. The molecule has 0 aromatic heterocycles. The smallest absolute Gasteiger partial charge is 0.217 e. The highest BCUT2D eigenvalue weighted by Gasteiger charge is 2.12. The van der Waals surface area contributed by atoms with Crippen LogP contribution in [-0.4, -0.2) is 29.4 Å². The van der Waals surface area contributed by atoms with Crippen LogP contribution in [0.4, 0.5) is 0 Å². The summed E-state index contributed by atoms with van der Waals surface area (Å²) in [6.45, 7) is 2.96. The molecule has 0 radical (unpaired) electrons. The van der Waals surface area contributed by atoms with Crippen molar-refractivity contribution in [2.45, 2.75) is 38.6 Å². The summed E-state index contributed by atoms with van der Waals surface area (Å²) in [5.74, 6) is 0.926. The molecule has 1 heterocycles. The molecule has 1 unspecified atom stereocenters. The zero-order chi connectivity index (χ0) is 11.1. The van der Waals surface area contributed by atoms with E-state index in [-0.39, 0.29) is 5.91 Å². The molecule has 0 aliphatic carbocycles. The molecular formula is C10H19N3OS. The Bertz CT molecular complexity index is 243. The normalized spacial score (nSPS) is 23.8. The first-order valence-corrected chi connectivity index (χ1v) is 6.39. The molecule has 1 atom stereocenters. The number of hydrogen-bond acceptors (Lipinski definition) is 3. The summed E-state index contributed by atoms with van der Waals surface area (Å²) in [5, 5.41) is 4.39. The second-order valence-electron chi connectivity index (χ2n) is 3.79. The van der Waals surface area contributed by atoms with Crippen molar-refractivity contribution in [2.75, 3.05) is 12.3 Å². The largest absolute Gasteiger partial charge is 0.370 e. The quantitative estimate of drug-likeness (QED) is 0.694. The third-order valence-corrected chi connectivity index (χ3v) is 3.21. The van der Waals surface area contributed by atoms with Gasteiger partial charge in [0.1, 0.15) is 0 Å². The van der Waals surface area contributed by atoms with Gasteiger partial charge in [-0.2, -0.15) is 0 Å². The maximum Gasteiger partial charge on any atom is 0.217 e. The Balaban J connectivity index is 2.11. The van der Waals surface area contributed by atoms with E-state index in [1.807, 2.05) is 0 Å². The Morgan fingerprint density at radius 1 is 1.67 bits per heavy atom. The summed E-state index contributed by atoms with van der Waals surface area (Å²) in [5.41, 5.74) is 5.04. The highest BCUT2D eigenvalue weighted by Crippen LogP contribution is 2.13. The van der Waals surface area contributed by atoms with Gasteiger partial charge in [0, 0.05) is 24.8 Å². The summed E-state index contributed by atoms with van der Waals surface area (Å²) in [4.78, 5) is 14.9. The molecule has 86 valence electrons. The third kappa shape index (κ3) is 5.67. The van der Waals surface area contributed by atoms with Crippen LogP contribution in [0.2, 0.25) is 0 Å². The number of carbonyl (C=O) groups is 1. The first-order valence-electron chi connectivity index (χ1n) is 5.40. The Morgan fingerprint density at radius 2 is 2.47 bits per heavy atom. The molecular weight excluding hydrogens is 210 g/mol. The SMILES string of the molecule is CC1CCSC(=NCCCCC(N)=O)N1. The van der Waals surface area contributed by atoms with Gasteiger partial charge in [-0.05, 0) is 26.2 Å². The lowest BCUT2D eigenvalue weighted by molar-refractivity contribution is -0.118. The molecule has 1 aliphatic heterocycles. The van der Waals surface area contributed by atoms with Gasteiger partial charge < -0.3 is 11.1 Å². The molecule has 1 amide bonds. The van der Waals surface area contributed by atoms with Gasteiger partial charge in [0.2, 0.25) is 5.91 Å². The van der Waals surface area contributed by atoms with Crippen LogP contribution in [0.25, 0.3) is 0 Å². The van der Waals surface area contributed by atoms with Crippen LogP contribution < -0.4 is 11.1 Å². The van der Waals surface area contributed by atoms with Crippen LogP contribution in [0.3, 0.4) is 0 Å². The molecule has 15 heavy (non-hydrogen) atoms. The molecule has 1 rings (SSSR count). The molecule has 1 fully saturated rings. The van der Waals surface area contributed by atoms with Crippen LogP contribution in [0.1, 0.15) is 32.6 Å². The van der Waals surface area contributed by atoms with E-state index in [9.17, 15) is 4.79 Å². The molecule has 4 nitrogen and oxygen atoms in total. The molecule has 1 aliphatic rings. The van der Waals surface area contributed by atoms with Crippen molar-refractivity contribution in [1.29, 1.82) is 0 Å². The molecule has 1 saturated heterocycles. The van der Waals surface area contributed by atoms with E-state index in [0.717, 1.165) is 30.3 Å². The van der Waals surface area contributed by atoms with Crippen molar-refractivity contribution in [2.24, 2.45) is 10.7 Å². The molecule has 5 heteroatoms. The van der Waals surface area contributed by atoms with E-state index in [1.165, 1.54) is 6.42 Å². The first kappa shape index (κ1) is 12.4. The minimum atomic E-state index is -0.221. The van der Waals surface area contributed by atoms with Crippen LogP contribution >= 0.6 is 11.8 Å². The van der Waals surface area contributed by atoms with Crippen molar-refractivity contribution in [3.8, 4) is 0 Å². The molecule has 0 saturated carbocycles. The maximum absolute atomic E-state index is 10.5. The number of unbranched alkanes of at least 4 members (excludes halogenated alkanes) is 1. The van der Waals surface area contributed by atoms with Gasteiger partial charge in [-0.15, -0.1) is 0 Å². The Kier molecular flexibility index (Phi) is 5.53. The number of nitrogens with two attached hydrogens (primary N) is 1. The van der Waals surface area contributed by atoms with E-state index in [2.05, 4.69) is 17.2 Å². The number of primary amides is 1. The summed E-state index contributed by atoms with van der Waals surface area (Å²) >= 11 is 1.78. The third-order valence-electron chi connectivity index (χ3n) is 2.25. The minimum absolute atomic E-state index is 0.221. The van der Waals surface area contributed by atoms with E-state index >= 15 is 0 Å². The number of amidine groups is 1. The van der Waals surface area contributed by atoms with Gasteiger partial charge in [0.05, 0.1) is 0 Å². The number of rotatable bonds is 5. The predicted octanol–water partition coefficient (Wildman–Crippen LogP) is 1.11. The Labute approximate surface area is 95.1 Å². The first-order chi connectivity index (χ1) is 7.18.